The van der Waals surface area contributed by atoms with E-state index in [-0.39, 0.29) is 0 Å². The van der Waals surface area contributed by atoms with Crippen molar-refractivity contribution >= 4 is 0 Å². The van der Waals surface area contributed by atoms with Crippen molar-refractivity contribution in [3.05, 3.63) is 18.0 Å². The zero-order chi connectivity index (χ0) is 15.1. The van der Waals surface area contributed by atoms with Gasteiger partial charge in [-0.3, -0.25) is 9.58 Å². The van der Waals surface area contributed by atoms with Crippen molar-refractivity contribution in [2.24, 2.45) is 0 Å². The van der Waals surface area contributed by atoms with Gasteiger partial charge in [0, 0.05) is 18.8 Å². The molecule has 2 heterocycles. The summed E-state index contributed by atoms with van der Waals surface area (Å²) in [6.45, 7) is 11.3. The van der Waals surface area contributed by atoms with Crippen LogP contribution in [0.3, 0.4) is 0 Å². The Morgan fingerprint density at radius 1 is 1.29 bits per heavy atom. The highest BCUT2D eigenvalue weighted by molar-refractivity contribution is 5.00. The summed E-state index contributed by atoms with van der Waals surface area (Å²) in [7, 11) is 0. The molecule has 1 aliphatic heterocycles. The van der Waals surface area contributed by atoms with Crippen LogP contribution in [0.1, 0.15) is 64.6 Å². The highest BCUT2D eigenvalue weighted by Gasteiger charge is 2.21. The molecule has 1 N–H and O–H groups in total. The number of rotatable bonds is 8. The van der Waals surface area contributed by atoms with Gasteiger partial charge in [0.05, 0.1) is 11.7 Å². The van der Waals surface area contributed by atoms with Gasteiger partial charge in [0.25, 0.3) is 0 Å². The summed E-state index contributed by atoms with van der Waals surface area (Å²) in [6, 6.07) is 3.49. The number of nitrogens with zero attached hydrogens (tertiary/aromatic N) is 3. The van der Waals surface area contributed by atoms with Crippen LogP contribution in [0, 0.1) is 0 Å². The molecule has 1 fully saturated rings. The van der Waals surface area contributed by atoms with Gasteiger partial charge in [-0.15, -0.1) is 0 Å². The maximum atomic E-state index is 4.83. The van der Waals surface area contributed by atoms with Crippen molar-refractivity contribution in [1.82, 2.24) is 20.0 Å². The van der Waals surface area contributed by atoms with Gasteiger partial charge in [-0.25, -0.2) is 0 Å². The van der Waals surface area contributed by atoms with Crippen LogP contribution in [-0.2, 0) is 6.54 Å². The summed E-state index contributed by atoms with van der Waals surface area (Å²) < 4.78 is 2.17. The second-order valence-corrected chi connectivity index (χ2v) is 6.21. The minimum Gasteiger partial charge on any atom is -0.317 e. The van der Waals surface area contributed by atoms with Gasteiger partial charge < -0.3 is 5.32 Å². The van der Waals surface area contributed by atoms with Crippen LogP contribution < -0.4 is 5.32 Å². The van der Waals surface area contributed by atoms with Crippen LogP contribution in [0.15, 0.2) is 12.3 Å². The molecule has 0 atom stereocenters. The van der Waals surface area contributed by atoms with Gasteiger partial charge in [0.1, 0.15) is 0 Å². The quantitative estimate of drug-likeness (QED) is 0.798. The Morgan fingerprint density at radius 3 is 2.62 bits per heavy atom. The van der Waals surface area contributed by atoms with Crippen molar-refractivity contribution in [3.8, 4) is 0 Å². The molecular formula is C17H32N4. The Labute approximate surface area is 129 Å². The van der Waals surface area contributed by atoms with Crippen molar-refractivity contribution in [2.45, 2.75) is 71.5 Å². The molecule has 120 valence electrons. The molecule has 1 saturated heterocycles. The van der Waals surface area contributed by atoms with E-state index in [0.29, 0.717) is 6.04 Å². The van der Waals surface area contributed by atoms with E-state index in [0.717, 1.165) is 38.5 Å². The summed E-state index contributed by atoms with van der Waals surface area (Å²) in [5, 5.41) is 8.29. The first-order chi connectivity index (χ1) is 10.3. The van der Waals surface area contributed by atoms with E-state index in [1.807, 2.05) is 0 Å². The van der Waals surface area contributed by atoms with Gasteiger partial charge in [0.15, 0.2) is 0 Å². The average Bonchev–Trinajstić information content (AvgIpc) is 2.97. The van der Waals surface area contributed by atoms with E-state index in [2.05, 4.69) is 47.9 Å². The third kappa shape index (κ3) is 4.55. The fourth-order valence-electron chi connectivity index (χ4n) is 3.39. The van der Waals surface area contributed by atoms with Crippen molar-refractivity contribution in [2.75, 3.05) is 19.6 Å². The van der Waals surface area contributed by atoms with Crippen LogP contribution in [0.5, 0.6) is 0 Å². The second-order valence-electron chi connectivity index (χ2n) is 6.21. The van der Waals surface area contributed by atoms with E-state index in [1.54, 1.807) is 0 Å². The van der Waals surface area contributed by atoms with E-state index in [9.17, 15) is 0 Å². The van der Waals surface area contributed by atoms with Crippen LogP contribution in [0.25, 0.3) is 0 Å². The van der Waals surface area contributed by atoms with Crippen LogP contribution in [0.2, 0.25) is 0 Å². The number of aromatic nitrogens is 2. The highest BCUT2D eigenvalue weighted by atomic mass is 15.3. The molecule has 1 aromatic rings. The molecule has 0 saturated carbocycles. The lowest BCUT2D eigenvalue weighted by molar-refractivity contribution is 0.152. The predicted molar refractivity (Wildman–Crippen MR) is 88.4 cm³/mol. The summed E-state index contributed by atoms with van der Waals surface area (Å²) in [5.41, 5.74) is 1.23. The second kappa shape index (κ2) is 8.54. The van der Waals surface area contributed by atoms with E-state index in [4.69, 9.17) is 5.10 Å². The Morgan fingerprint density at radius 2 is 2.00 bits per heavy atom. The minimum absolute atomic E-state index is 0.553. The predicted octanol–water partition coefficient (Wildman–Crippen LogP) is 3.21. The summed E-state index contributed by atoms with van der Waals surface area (Å²) in [6.07, 6.45) is 8.24. The maximum absolute atomic E-state index is 4.83. The molecule has 0 radical (unpaired) electrons. The van der Waals surface area contributed by atoms with Crippen molar-refractivity contribution in [1.29, 1.82) is 0 Å². The molecule has 0 amide bonds. The van der Waals surface area contributed by atoms with E-state index >= 15 is 0 Å². The smallest absolute Gasteiger partial charge is 0.0765 e. The first kappa shape index (κ1) is 16.5. The van der Waals surface area contributed by atoms with Crippen molar-refractivity contribution in [3.63, 3.8) is 0 Å². The SMILES string of the molecule is CCCN(Cc1ccn(C(CC)CC)n1)C1CCNCC1. The number of piperidine rings is 1. The molecule has 4 nitrogen and oxygen atoms in total. The number of nitrogens with one attached hydrogen (secondary N) is 1. The molecule has 0 spiro atoms. The lowest BCUT2D eigenvalue weighted by Gasteiger charge is -2.34. The van der Waals surface area contributed by atoms with Gasteiger partial charge in [-0.05, 0) is 57.8 Å². The number of hydrogen-bond donors (Lipinski definition) is 1. The Balaban J connectivity index is 1.99. The normalized spacial score (nSPS) is 17.0. The van der Waals surface area contributed by atoms with Crippen LogP contribution in [0.4, 0.5) is 0 Å². The minimum atomic E-state index is 0.553. The molecule has 21 heavy (non-hydrogen) atoms. The fourth-order valence-corrected chi connectivity index (χ4v) is 3.39. The summed E-state index contributed by atoms with van der Waals surface area (Å²) in [5.74, 6) is 0. The average molecular weight is 292 g/mol. The first-order valence-electron chi connectivity index (χ1n) is 8.77. The summed E-state index contributed by atoms with van der Waals surface area (Å²) in [4.78, 5) is 2.64. The Hall–Kier alpha value is -0.870. The highest BCUT2D eigenvalue weighted by Crippen LogP contribution is 2.18. The largest absolute Gasteiger partial charge is 0.317 e. The van der Waals surface area contributed by atoms with Crippen LogP contribution >= 0.6 is 0 Å². The molecule has 0 unspecified atom stereocenters. The zero-order valence-corrected chi connectivity index (χ0v) is 14.0. The third-order valence-corrected chi connectivity index (χ3v) is 4.68. The lowest BCUT2D eigenvalue weighted by Crippen LogP contribution is -2.43. The van der Waals surface area contributed by atoms with Gasteiger partial charge in [-0.2, -0.15) is 5.10 Å². The molecule has 4 heteroatoms. The molecule has 1 aliphatic rings. The standard InChI is InChI=1S/C17H32N4/c1-4-12-20(17-7-10-18-11-8-17)14-15-9-13-21(19-15)16(5-2)6-3/h9,13,16-18H,4-8,10-12,14H2,1-3H3. The monoisotopic (exact) mass is 292 g/mol. The molecule has 0 aliphatic carbocycles. The number of hydrogen-bond acceptors (Lipinski definition) is 3. The first-order valence-corrected chi connectivity index (χ1v) is 8.77. The molecular weight excluding hydrogens is 260 g/mol. The van der Waals surface area contributed by atoms with Crippen molar-refractivity contribution < 1.29 is 0 Å². The molecule has 0 aromatic carbocycles. The van der Waals surface area contributed by atoms with Gasteiger partial charge in [0.2, 0.25) is 0 Å². The Bertz CT molecular complexity index is 391. The fraction of sp³-hybridized carbons (Fsp3) is 0.824. The van der Waals surface area contributed by atoms with Gasteiger partial charge >= 0.3 is 0 Å². The molecule has 1 aromatic heterocycles. The molecule has 2 rings (SSSR count). The van der Waals surface area contributed by atoms with E-state index in [1.165, 1.54) is 31.5 Å². The summed E-state index contributed by atoms with van der Waals surface area (Å²) >= 11 is 0. The topological polar surface area (TPSA) is 33.1 Å². The van der Waals surface area contributed by atoms with Gasteiger partial charge in [-0.1, -0.05) is 20.8 Å². The Kier molecular flexibility index (Phi) is 6.71. The lowest BCUT2D eigenvalue weighted by atomic mass is 10.0. The van der Waals surface area contributed by atoms with E-state index < -0.39 is 0 Å². The maximum Gasteiger partial charge on any atom is 0.0765 e. The third-order valence-electron chi connectivity index (χ3n) is 4.68. The van der Waals surface area contributed by atoms with Crippen LogP contribution in [-0.4, -0.2) is 40.4 Å². The molecule has 0 bridgehead atoms. The zero-order valence-electron chi connectivity index (χ0n) is 14.0.